The number of carbonyl (C=O) groups excluding carboxylic acids is 3. The molecule has 4 rings (SSSR count). The van der Waals surface area contributed by atoms with Crippen LogP contribution in [0.4, 0.5) is 4.79 Å². The lowest BCUT2D eigenvalue weighted by Gasteiger charge is -2.38. The van der Waals surface area contributed by atoms with Crippen LogP contribution in [0.25, 0.3) is 5.76 Å². The normalized spacial score (nSPS) is 20.2. The summed E-state index contributed by atoms with van der Waals surface area (Å²) in [7, 11) is 0. The smallest absolute Gasteiger partial charge is 0.409 e. The first-order valence-electron chi connectivity index (χ1n) is 13.1. The molecule has 1 N–H and O–H groups in total. The number of likely N-dealkylation sites (tertiary alicyclic amines) is 2. The van der Waals surface area contributed by atoms with Crippen molar-refractivity contribution in [3.05, 3.63) is 57.3 Å². The molecule has 3 heterocycles. The topological polar surface area (TPSA) is 96.4 Å². The zero-order valence-electron chi connectivity index (χ0n) is 22.7. The van der Waals surface area contributed by atoms with Crippen LogP contribution in [0.3, 0.4) is 0 Å². The number of hydrogen-bond donors (Lipinski definition) is 1. The van der Waals surface area contributed by atoms with Gasteiger partial charge in [0.15, 0.2) is 0 Å². The van der Waals surface area contributed by atoms with Crippen molar-refractivity contribution in [2.24, 2.45) is 0 Å². The number of rotatable bonds is 6. The third kappa shape index (κ3) is 5.29. The number of nitrogens with zero attached hydrogens (tertiary/aromatic N) is 2. The van der Waals surface area contributed by atoms with Gasteiger partial charge in [0, 0.05) is 35.1 Å². The molecule has 2 aliphatic rings. The average molecular weight is 541 g/mol. The molecule has 0 spiro atoms. The van der Waals surface area contributed by atoms with Crippen LogP contribution in [0, 0.1) is 0 Å². The highest BCUT2D eigenvalue weighted by atomic mass is 32.1. The Kier molecular flexibility index (Phi) is 8.16. The first-order valence-corrected chi connectivity index (χ1v) is 14.0. The van der Waals surface area contributed by atoms with Crippen molar-refractivity contribution in [2.75, 3.05) is 26.3 Å². The Balaban J connectivity index is 1.74. The van der Waals surface area contributed by atoms with Gasteiger partial charge in [-0.2, -0.15) is 0 Å². The maximum absolute atomic E-state index is 13.5. The highest BCUT2D eigenvalue weighted by molar-refractivity contribution is 7.10. The Morgan fingerprint density at radius 1 is 1.11 bits per heavy atom. The van der Waals surface area contributed by atoms with Gasteiger partial charge in [0.05, 0.1) is 24.8 Å². The van der Waals surface area contributed by atoms with Crippen LogP contribution >= 0.6 is 11.3 Å². The Bertz CT molecular complexity index is 1220. The molecule has 1 aromatic heterocycles. The SMILES string of the molecule is CCOC(=O)N1CCC(N2C(=O)C(=O)/C(=C(\O)c3ccc(OCC)c(C(C)(C)C)c3)C2c2cccs2)CC1. The van der Waals surface area contributed by atoms with Crippen molar-refractivity contribution >= 4 is 34.9 Å². The van der Waals surface area contributed by atoms with Crippen molar-refractivity contribution in [3.63, 3.8) is 0 Å². The van der Waals surface area contributed by atoms with Crippen LogP contribution in [0.5, 0.6) is 5.75 Å². The fraction of sp³-hybridized carbons (Fsp3) is 0.483. The number of aliphatic hydroxyl groups is 1. The van der Waals surface area contributed by atoms with Gasteiger partial charge in [-0.05, 0) is 61.7 Å². The number of aliphatic hydroxyl groups excluding tert-OH is 1. The van der Waals surface area contributed by atoms with Gasteiger partial charge in [-0.25, -0.2) is 4.79 Å². The van der Waals surface area contributed by atoms with Crippen molar-refractivity contribution in [3.8, 4) is 5.75 Å². The molecule has 0 saturated carbocycles. The zero-order valence-corrected chi connectivity index (χ0v) is 23.5. The Morgan fingerprint density at radius 2 is 1.82 bits per heavy atom. The van der Waals surface area contributed by atoms with E-state index in [2.05, 4.69) is 20.8 Å². The summed E-state index contributed by atoms with van der Waals surface area (Å²) in [4.78, 5) is 43.1. The third-order valence-corrected chi connectivity index (χ3v) is 7.96. The maximum Gasteiger partial charge on any atom is 0.409 e. The second-order valence-electron chi connectivity index (χ2n) is 10.5. The van der Waals surface area contributed by atoms with Crippen LogP contribution in [0.15, 0.2) is 41.3 Å². The minimum Gasteiger partial charge on any atom is -0.507 e. The first-order chi connectivity index (χ1) is 18.1. The molecule has 38 heavy (non-hydrogen) atoms. The second-order valence-corrected chi connectivity index (χ2v) is 11.5. The molecule has 2 aromatic rings. The number of Topliss-reactive ketones (excluding diaryl/α,β-unsaturated/α-hetero) is 1. The molecular formula is C29H36N2O6S. The predicted octanol–water partition coefficient (Wildman–Crippen LogP) is 5.49. The lowest BCUT2D eigenvalue weighted by molar-refractivity contribution is -0.142. The monoisotopic (exact) mass is 540 g/mol. The molecule has 2 amide bonds. The standard InChI is InChI=1S/C29H36N2O6S/c1-6-36-21-11-10-18(17-20(21)29(3,4)5)25(32)23-24(22-9-8-16-38-22)31(27(34)26(23)33)19-12-14-30(15-13-19)28(35)37-7-2/h8-11,16-17,19,24,32H,6-7,12-15H2,1-5H3/b25-23-. The summed E-state index contributed by atoms with van der Waals surface area (Å²) in [5.41, 5.74) is 1.19. The Hall–Kier alpha value is -3.33. The molecular weight excluding hydrogens is 504 g/mol. The van der Waals surface area contributed by atoms with Crippen molar-refractivity contribution < 1.29 is 29.0 Å². The molecule has 8 nitrogen and oxygen atoms in total. The van der Waals surface area contributed by atoms with Crippen LogP contribution in [0.2, 0.25) is 0 Å². The van der Waals surface area contributed by atoms with Gasteiger partial charge in [0.1, 0.15) is 11.5 Å². The number of piperidine rings is 1. The van der Waals surface area contributed by atoms with E-state index >= 15 is 0 Å². The van der Waals surface area contributed by atoms with Gasteiger partial charge < -0.3 is 24.4 Å². The molecule has 2 fully saturated rings. The van der Waals surface area contributed by atoms with Gasteiger partial charge in [-0.1, -0.05) is 26.8 Å². The van der Waals surface area contributed by atoms with Gasteiger partial charge in [0.25, 0.3) is 11.7 Å². The summed E-state index contributed by atoms with van der Waals surface area (Å²) in [6, 6.07) is 8.19. The first kappa shape index (κ1) is 27.7. The van der Waals surface area contributed by atoms with Crippen LogP contribution in [-0.2, 0) is 19.7 Å². The Morgan fingerprint density at radius 3 is 2.39 bits per heavy atom. The van der Waals surface area contributed by atoms with E-state index in [1.165, 1.54) is 11.3 Å². The molecule has 2 saturated heterocycles. The fourth-order valence-electron chi connectivity index (χ4n) is 5.19. The van der Waals surface area contributed by atoms with Gasteiger partial charge in [0.2, 0.25) is 0 Å². The molecule has 1 unspecified atom stereocenters. The molecule has 0 radical (unpaired) electrons. The predicted molar refractivity (Wildman–Crippen MR) is 146 cm³/mol. The molecule has 9 heteroatoms. The minimum atomic E-state index is -0.696. The van der Waals surface area contributed by atoms with E-state index in [1.807, 2.05) is 30.5 Å². The minimum absolute atomic E-state index is 0.0919. The Labute approximate surface area is 227 Å². The van der Waals surface area contributed by atoms with E-state index in [4.69, 9.17) is 9.47 Å². The largest absolute Gasteiger partial charge is 0.507 e. The molecule has 2 aliphatic heterocycles. The van der Waals surface area contributed by atoms with Gasteiger partial charge in [-0.15, -0.1) is 11.3 Å². The number of ether oxygens (including phenoxy) is 2. The summed E-state index contributed by atoms with van der Waals surface area (Å²) < 4.78 is 10.9. The van der Waals surface area contributed by atoms with Gasteiger partial charge in [-0.3, -0.25) is 9.59 Å². The molecule has 0 aliphatic carbocycles. The number of carbonyl (C=O) groups is 3. The van der Waals surface area contributed by atoms with E-state index in [0.717, 1.165) is 16.2 Å². The highest BCUT2D eigenvalue weighted by Crippen LogP contribution is 2.44. The van der Waals surface area contributed by atoms with E-state index in [1.54, 1.807) is 28.9 Å². The van der Waals surface area contributed by atoms with Crippen molar-refractivity contribution in [1.29, 1.82) is 0 Å². The molecule has 1 atom stereocenters. The number of amides is 2. The summed E-state index contributed by atoms with van der Waals surface area (Å²) >= 11 is 1.44. The molecule has 0 bridgehead atoms. The van der Waals surface area contributed by atoms with Crippen molar-refractivity contribution in [1.82, 2.24) is 9.80 Å². The third-order valence-electron chi connectivity index (χ3n) is 7.04. The highest BCUT2D eigenvalue weighted by Gasteiger charge is 2.50. The lowest BCUT2D eigenvalue weighted by Crippen LogP contribution is -2.48. The molecule has 1 aromatic carbocycles. The average Bonchev–Trinajstić information content (AvgIpc) is 3.50. The van der Waals surface area contributed by atoms with E-state index in [9.17, 15) is 19.5 Å². The second kappa shape index (κ2) is 11.2. The van der Waals surface area contributed by atoms with E-state index in [0.29, 0.717) is 44.7 Å². The van der Waals surface area contributed by atoms with Crippen LogP contribution in [-0.4, -0.2) is 65.0 Å². The van der Waals surface area contributed by atoms with Gasteiger partial charge >= 0.3 is 6.09 Å². The number of thiophene rings is 1. The van der Waals surface area contributed by atoms with Crippen LogP contribution in [0.1, 0.15) is 69.5 Å². The summed E-state index contributed by atoms with van der Waals surface area (Å²) in [6.07, 6.45) is 0.670. The van der Waals surface area contributed by atoms with Crippen LogP contribution < -0.4 is 4.74 Å². The summed E-state index contributed by atoms with van der Waals surface area (Å²) in [5.74, 6) is -0.789. The maximum atomic E-state index is 13.5. The van der Waals surface area contributed by atoms with E-state index < -0.39 is 17.7 Å². The number of ketones is 1. The zero-order chi connectivity index (χ0) is 27.6. The lowest BCUT2D eigenvalue weighted by atomic mass is 9.84. The fourth-order valence-corrected chi connectivity index (χ4v) is 6.03. The number of benzene rings is 1. The van der Waals surface area contributed by atoms with E-state index in [-0.39, 0.29) is 28.9 Å². The molecule has 204 valence electrons. The quantitative estimate of drug-likeness (QED) is 0.296. The van der Waals surface area contributed by atoms with Crippen molar-refractivity contribution in [2.45, 2.75) is 65.0 Å². The number of hydrogen-bond acceptors (Lipinski definition) is 7. The summed E-state index contributed by atoms with van der Waals surface area (Å²) in [5, 5.41) is 13.4. The summed E-state index contributed by atoms with van der Waals surface area (Å²) in [6.45, 7) is 11.5.